The SMILES string of the molecule is COC(=O)c1c(OCc2ccncc2)cc(=O)n2c1CCN([C@H]1CCSC1)CC2. The van der Waals surface area contributed by atoms with Crippen molar-refractivity contribution < 1.29 is 14.3 Å². The van der Waals surface area contributed by atoms with Crippen LogP contribution >= 0.6 is 11.8 Å². The minimum absolute atomic E-state index is 0.139. The van der Waals surface area contributed by atoms with E-state index in [4.69, 9.17) is 9.47 Å². The van der Waals surface area contributed by atoms with E-state index in [1.807, 2.05) is 23.9 Å². The Balaban J connectivity index is 1.65. The number of aromatic nitrogens is 2. The maximum Gasteiger partial charge on any atom is 0.343 e. The van der Waals surface area contributed by atoms with E-state index in [-0.39, 0.29) is 17.9 Å². The molecule has 0 saturated carbocycles. The molecule has 2 aliphatic heterocycles. The molecule has 29 heavy (non-hydrogen) atoms. The Morgan fingerprint density at radius 1 is 1.28 bits per heavy atom. The lowest BCUT2D eigenvalue weighted by atomic mass is 10.1. The summed E-state index contributed by atoms with van der Waals surface area (Å²) in [6, 6.07) is 5.64. The average molecular weight is 416 g/mol. The van der Waals surface area contributed by atoms with E-state index in [0.29, 0.717) is 30.3 Å². The predicted molar refractivity (Wildman–Crippen MR) is 112 cm³/mol. The molecule has 4 heterocycles. The topological polar surface area (TPSA) is 73.7 Å². The molecule has 0 radical (unpaired) electrons. The van der Waals surface area contributed by atoms with Crippen molar-refractivity contribution in [2.24, 2.45) is 0 Å². The summed E-state index contributed by atoms with van der Waals surface area (Å²) in [4.78, 5) is 31.9. The average Bonchev–Trinajstić information content (AvgIpc) is 3.19. The summed E-state index contributed by atoms with van der Waals surface area (Å²) < 4.78 is 12.7. The number of carbonyl (C=O) groups excluding carboxylic acids is 1. The summed E-state index contributed by atoms with van der Waals surface area (Å²) in [5.41, 5.74) is 1.85. The number of nitrogens with zero attached hydrogens (tertiary/aromatic N) is 3. The van der Waals surface area contributed by atoms with Gasteiger partial charge in [-0.2, -0.15) is 11.8 Å². The number of hydrogen-bond acceptors (Lipinski definition) is 7. The molecular formula is C21H25N3O4S. The molecule has 0 aliphatic carbocycles. The Morgan fingerprint density at radius 2 is 2.10 bits per heavy atom. The van der Waals surface area contributed by atoms with Crippen LogP contribution in [-0.2, 0) is 24.3 Å². The summed E-state index contributed by atoms with van der Waals surface area (Å²) in [5, 5.41) is 0. The van der Waals surface area contributed by atoms with E-state index in [1.165, 1.54) is 25.3 Å². The van der Waals surface area contributed by atoms with Gasteiger partial charge >= 0.3 is 5.97 Å². The Kier molecular flexibility index (Phi) is 6.20. The number of fused-ring (bicyclic) bond motifs is 1. The van der Waals surface area contributed by atoms with Crippen molar-refractivity contribution in [1.29, 1.82) is 0 Å². The van der Waals surface area contributed by atoms with Gasteiger partial charge in [0.25, 0.3) is 5.56 Å². The fourth-order valence-electron chi connectivity index (χ4n) is 4.02. The van der Waals surface area contributed by atoms with Gasteiger partial charge in [-0.05, 0) is 29.9 Å². The van der Waals surface area contributed by atoms with Crippen LogP contribution in [0, 0.1) is 0 Å². The molecule has 0 aromatic carbocycles. The van der Waals surface area contributed by atoms with Crippen LogP contribution in [0.25, 0.3) is 0 Å². The Hall–Kier alpha value is -2.32. The molecule has 1 atom stereocenters. The first-order valence-corrected chi connectivity index (χ1v) is 11.0. The van der Waals surface area contributed by atoms with Gasteiger partial charge in [0.05, 0.1) is 7.11 Å². The zero-order chi connectivity index (χ0) is 20.2. The third-order valence-corrected chi connectivity index (χ3v) is 6.73. The number of carbonyl (C=O) groups is 1. The number of esters is 1. The molecule has 2 aromatic rings. The van der Waals surface area contributed by atoms with E-state index < -0.39 is 5.97 Å². The van der Waals surface area contributed by atoms with Crippen LogP contribution in [0.2, 0.25) is 0 Å². The number of thioether (sulfide) groups is 1. The van der Waals surface area contributed by atoms with Gasteiger partial charge in [-0.25, -0.2) is 4.79 Å². The molecule has 154 valence electrons. The van der Waals surface area contributed by atoms with E-state index in [9.17, 15) is 9.59 Å². The number of hydrogen-bond donors (Lipinski definition) is 0. The zero-order valence-corrected chi connectivity index (χ0v) is 17.3. The van der Waals surface area contributed by atoms with E-state index >= 15 is 0 Å². The number of rotatable bonds is 5. The fourth-order valence-corrected chi connectivity index (χ4v) is 5.27. The summed E-state index contributed by atoms with van der Waals surface area (Å²) in [7, 11) is 1.36. The van der Waals surface area contributed by atoms with Crippen LogP contribution in [0.15, 0.2) is 35.4 Å². The second kappa shape index (κ2) is 9.00. The first kappa shape index (κ1) is 20.0. The minimum Gasteiger partial charge on any atom is -0.488 e. The first-order valence-electron chi connectivity index (χ1n) is 9.86. The normalized spacial score (nSPS) is 19.4. The molecule has 0 amide bonds. The van der Waals surface area contributed by atoms with Gasteiger partial charge in [0.2, 0.25) is 0 Å². The molecule has 0 N–H and O–H groups in total. The molecule has 8 heteroatoms. The number of pyridine rings is 2. The van der Waals surface area contributed by atoms with Gasteiger partial charge in [0.15, 0.2) is 0 Å². The largest absolute Gasteiger partial charge is 0.488 e. The minimum atomic E-state index is -0.469. The second-order valence-corrected chi connectivity index (χ2v) is 8.41. The lowest BCUT2D eigenvalue weighted by molar-refractivity contribution is 0.0592. The molecule has 1 fully saturated rings. The highest BCUT2D eigenvalue weighted by Gasteiger charge is 2.29. The predicted octanol–water partition coefficient (Wildman–Crippen LogP) is 1.97. The fraction of sp³-hybridized carbons (Fsp3) is 0.476. The highest BCUT2D eigenvalue weighted by molar-refractivity contribution is 7.99. The monoisotopic (exact) mass is 415 g/mol. The van der Waals surface area contributed by atoms with E-state index in [1.54, 1.807) is 17.0 Å². The van der Waals surface area contributed by atoms with Crippen LogP contribution < -0.4 is 10.3 Å². The Morgan fingerprint density at radius 3 is 2.83 bits per heavy atom. The van der Waals surface area contributed by atoms with Crippen molar-refractivity contribution in [1.82, 2.24) is 14.5 Å². The van der Waals surface area contributed by atoms with E-state index in [0.717, 1.165) is 24.4 Å². The molecule has 4 rings (SSSR count). The van der Waals surface area contributed by atoms with Crippen LogP contribution in [0.4, 0.5) is 0 Å². The third-order valence-electron chi connectivity index (χ3n) is 5.58. The first-order chi connectivity index (χ1) is 14.2. The summed E-state index contributed by atoms with van der Waals surface area (Å²) in [6.07, 6.45) is 5.16. The van der Waals surface area contributed by atoms with Gasteiger partial charge in [-0.15, -0.1) is 0 Å². The quantitative estimate of drug-likeness (QED) is 0.691. The van der Waals surface area contributed by atoms with Crippen molar-refractivity contribution in [2.45, 2.75) is 32.0 Å². The van der Waals surface area contributed by atoms with Gasteiger partial charge in [0.1, 0.15) is 17.9 Å². The number of methoxy groups -OCH3 is 1. The maximum absolute atomic E-state index is 12.8. The van der Waals surface area contributed by atoms with Crippen LogP contribution in [-0.4, -0.2) is 58.2 Å². The molecule has 0 unspecified atom stereocenters. The van der Waals surface area contributed by atoms with Crippen molar-refractivity contribution in [3.63, 3.8) is 0 Å². The van der Waals surface area contributed by atoms with Crippen LogP contribution in [0.5, 0.6) is 5.75 Å². The lowest BCUT2D eigenvalue weighted by Crippen LogP contribution is -2.37. The summed E-state index contributed by atoms with van der Waals surface area (Å²) >= 11 is 1.98. The molecule has 7 nitrogen and oxygen atoms in total. The zero-order valence-electron chi connectivity index (χ0n) is 16.5. The van der Waals surface area contributed by atoms with Gasteiger partial charge in [-0.3, -0.25) is 14.7 Å². The van der Waals surface area contributed by atoms with Gasteiger partial charge in [-0.1, -0.05) is 0 Å². The molecule has 0 bridgehead atoms. The maximum atomic E-state index is 12.8. The smallest absolute Gasteiger partial charge is 0.343 e. The Labute approximate surface area is 174 Å². The molecule has 0 spiro atoms. The van der Waals surface area contributed by atoms with Crippen molar-refractivity contribution in [3.05, 3.63) is 57.8 Å². The van der Waals surface area contributed by atoms with Crippen LogP contribution in [0.1, 0.15) is 28.0 Å². The summed E-state index contributed by atoms with van der Waals surface area (Å²) in [5.74, 6) is 2.14. The molecule has 1 saturated heterocycles. The Bertz CT molecular complexity index is 926. The second-order valence-electron chi connectivity index (χ2n) is 7.26. The lowest BCUT2D eigenvalue weighted by Gasteiger charge is -2.26. The van der Waals surface area contributed by atoms with Crippen molar-refractivity contribution >= 4 is 17.7 Å². The van der Waals surface area contributed by atoms with Gasteiger partial charge in [0, 0.05) is 62.0 Å². The van der Waals surface area contributed by atoms with Gasteiger partial charge < -0.3 is 14.0 Å². The molecule has 2 aromatic heterocycles. The standard InChI is InChI=1S/C21H25N3O4S/c1-27-21(26)20-17-4-8-23(16-5-11-29-14-16)9-10-24(17)19(25)12-18(20)28-13-15-2-6-22-7-3-15/h2-3,6-7,12,16H,4-5,8-11,13-14H2,1H3/t16-/m0/s1. The summed E-state index contributed by atoms with van der Waals surface area (Å²) in [6.45, 7) is 2.46. The number of ether oxygens (including phenoxy) is 2. The third kappa shape index (κ3) is 4.33. The molecule has 2 aliphatic rings. The van der Waals surface area contributed by atoms with E-state index in [2.05, 4.69) is 9.88 Å². The molecular weight excluding hydrogens is 390 g/mol. The highest BCUT2D eigenvalue weighted by Crippen LogP contribution is 2.27. The van der Waals surface area contributed by atoms with Crippen molar-refractivity contribution in [2.75, 3.05) is 31.7 Å². The van der Waals surface area contributed by atoms with Crippen molar-refractivity contribution in [3.8, 4) is 5.75 Å². The highest BCUT2D eigenvalue weighted by atomic mass is 32.2. The van der Waals surface area contributed by atoms with Crippen LogP contribution in [0.3, 0.4) is 0 Å².